The van der Waals surface area contributed by atoms with Crippen LogP contribution in [0.5, 0.6) is 0 Å². The second-order valence-electron chi connectivity index (χ2n) is 5.41. The van der Waals surface area contributed by atoms with Gasteiger partial charge in [0.2, 0.25) is 5.91 Å². The summed E-state index contributed by atoms with van der Waals surface area (Å²) in [6.07, 6.45) is 3.70. The zero-order valence-corrected chi connectivity index (χ0v) is 11.3. The van der Waals surface area contributed by atoms with Gasteiger partial charge in [-0.25, -0.2) is 4.39 Å². The molecule has 1 aromatic rings. The maximum atomic E-state index is 13.0. The van der Waals surface area contributed by atoms with E-state index in [9.17, 15) is 9.18 Å². The van der Waals surface area contributed by atoms with Gasteiger partial charge in [-0.3, -0.25) is 4.79 Å². The molecule has 0 spiro atoms. The molecule has 0 heterocycles. The first-order valence-electron chi connectivity index (χ1n) is 6.85. The van der Waals surface area contributed by atoms with Gasteiger partial charge in [-0.05, 0) is 37.5 Å². The monoisotopic (exact) mass is 264 g/mol. The van der Waals surface area contributed by atoms with Gasteiger partial charge in [0.25, 0.3) is 0 Å². The third-order valence-corrected chi connectivity index (χ3v) is 4.02. The van der Waals surface area contributed by atoms with Gasteiger partial charge in [0.05, 0.1) is 5.41 Å². The molecule has 4 heteroatoms. The van der Waals surface area contributed by atoms with E-state index in [1.165, 1.54) is 12.1 Å². The molecule has 0 aromatic heterocycles. The summed E-state index contributed by atoms with van der Waals surface area (Å²) in [5, 5.41) is 2.97. The maximum Gasteiger partial charge on any atom is 0.230 e. The Morgan fingerprint density at radius 3 is 2.47 bits per heavy atom. The Bertz CT molecular complexity index is 438. The van der Waals surface area contributed by atoms with E-state index >= 15 is 0 Å². The van der Waals surface area contributed by atoms with E-state index in [0.29, 0.717) is 6.54 Å². The van der Waals surface area contributed by atoms with Crippen LogP contribution in [0.15, 0.2) is 24.3 Å². The van der Waals surface area contributed by atoms with E-state index in [4.69, 9.17) is 5.73 Å². The third-order valence-electron chi connectivity index (χ3n) is 4.02. The molecule has 1 aliphatic rings. The standard InChI is InChI=1S/C15H21FN2O/c1-11(10-17)18-14(19)15(8-2-3-9-15)12-4-6-13(16)7-5-12/h4-7,11H,2-3,8-10,17H2,1H3,(H,18,19)/t11-/m0/s1. The van der Waals surface area contributed by atoms with Gasteiger partial charge in [-0.1, -0.05) is 25.0 Å². The first-order valence-corrected chi connectivity index (χ1v) is 6.85. The zero-order chi connectivity index (χ0) is 13.9. The number of rotatable bonds is 4. The van der Waals surface area contributed by atoms with Crippen molar-refractivity contribution in [1.82, 2.24) is 5.32 Å². The van der Waals surface area contributed by atoms with Crippen molar-refractivity contribution in [2.45, 2.75) is 44.1 Å². The number of benzene rings is 1. The van der Waals surface area contributed by atoms with E-state index in [0.717, 1.165) is 31.2 Å². The van der Waals surface area contributed by atoms with E-state index in [2.05, 4.69) is 5.32 Å². The molecule has 1 atom stereocenters. The van der Waals surface area contributed by atoms with Crippen molar-refractivity contribution in [3.63, 3.8) is 0 Å². The molecule has 1 amide bonds. The summed E-state index contributed by atoms with van der Waals surface area (Å²) in [6.45, 7) is 2.32. The predicted octanol–water partition coefficient (Wildman–Crippen LogP) is 2.10. The molecule has 0 radical (unpaired) electrons. The van der Waals surface area contributed by atoms with Gasteiger partial charge in [0.15, 0.2) is 0 Å². The van der Waals surface area contributed by atoms with Crippen LogP contribution in [0.1, 0.15) is 38.2 Å². The highest BCUT2D eigenvalue weighted by Gasteiger charge is 2.42. The van der Waals surface area contributed by atoms with E-state index in [-0.39, 0.29) is 17.8 Å². The molecule has 0 unspecified atom stereocenters. The van der Waals surface area contributed by atoms with Crippen molar-refractivity contribution in [2.24, 2.45) is 5.73 Å². The second kappa shape index (κ2) is 5.70. The fourth-order valence-corrected chi connectivity index (χ4v) is 2.82. The highest BCUT2D eigenvalue weighted by atomic mass is 19.1. The molecule has 1 aromatic carbocycles. The maximum absolute atomic E-state index is 13.0. The number of halogens is 1. The molecule has 3 nitrogen and oxygen atoms in total. The molecular weight excluding hydrogens is 243 g/mol. The normalized spacial score (nSPS) is 19.1. The lowest BCUT2D eigenvalue weighted by Crippen LogP contribution is -2.48. The fourth-order valence-electron chi connectivity index (χ4n) is 2.82. The van der Waals surface area contributed by atoms with Crippen molar-refractivity contribution in [3.05, 3.63) is 35.6 Å². The molecule has 19 heavy (non-hydrogen) atoms. The lowest BCUT2D eigenvalue weighted by molar-refractivity contribution is -0.127. The van der Waals surface area contributed by atoms with Gasteiger partial charge >= 0.3 is 0 Å². The number of hydrogen-bond donors (Lipinski definition) is 2. The smallest absolute Gasteiger partial charge is 0.230 e. The zero-order valence-electron chi connectivity index (χ0n) is 11.3. The second-order valence-corrected chi connectivity index (χ2v) is 5.41. The quantitative estimate of drug-likeness (QED) is 0.875. The Kier molecular flexibility index (Phi) is 4.20. The minimum absolute atomic E-state index is 0.0227. The van der Waals surface area contributed by atoms with Crippen molar-refractivity contribution in [3.8, 4) is 0 Å². The number of nitrogens with two attached hydrogens (primary N) is 1. The van der Waals surface area contributed by atoms with Crippen LogP contribution in [0.4, 0.5) is 4.39 Å². The van der Waals surface area contributed by atoms with Crippen molar-refractivity contribution in [2.75, 3.05) is 6.54 Å². The lowest BCUT2D eigenvalue weighted by Gasteiger charge is -2.29. The number of carbonyl (C=O) groups excluding carboxylic acids is 1. The Balaban J connectivity index is 2.27. The number of nitrogens with one attached hydrogen (secondary N) is 1. The molecule has 2 rings (SSSR count). The summed E-state index contributed by atoms with van der Waals surface area (Å²) in [5.41, 5.74) is 5.96. The Morgan fingerprint density at radius 2 is 1.95 bits per heavy atom. The Hall–Kier alpha value is -1.42. The molecule has 0 bridgehead atoms. The Morgan fingerprint density at radius 1 is 1.37 bits per heavy atom. The van der Waals surface area contributed by atoms with Gasteiger partial charge in [0.1, 0.15) is 5.82 Å². The summed E-state index contributed by atoms with van der Waals surface area (Å²) in [5.74, 6) is -0.248. The van der Waals surface area contributed by atoms with Crippen LogP contribution in [0, 0.1) is 5.82 Å². The van der Waals surface area contributed by atoms with E-state index in [1.54, 1.807) is 12.1 Å². The largest absolute Gasteiger partial charge is 0.352 e. The number of amides is 1. The van der Waals surface area contributed by atoms with Crippen LogP contribution in [-0.4, -0.2) is 18.5 Å². The Labute approximate surface area is 113 Å². The molecule has 1 aliphatic carbocycles. The molecule has 1 saturated carbocycles. The van der Waals surface area contributed by atoms with E-state index in [1.807, 2.05) is 6.92 Å². The molecule has 1 fully saturated rings. The minimum Gasteiger partial charge on any atom is -0.352 e. The van der Waals surface area contributed by atoms with Gasteiger partial charge in [0, 0.05) is 12.6 Å². The van der Waals surface area contributed by atoms with Crippen LogP contribution in [0.3, 0.4) is 0 Å². The van der Waals surface area contributed by atoms with Gasteiger partial charge < -0.3 is 11.1 Å². The van der Waals surface area contributed by atoms with Crippen molar-refractivity contribution in [1.29, 1.82) is 0 Å². The van der Waals surface area contributed by atoms with Crippen LogP contribution in [-0.2, 0) is 10.2 Å². The summed E-state index contributed by atoms with van der Waals surface area (Å²) in [6, 6.07) is 6.27. The number of hydrogen-bond acceptors (Lipinski definition) is 2. The van der Waals surface area contributed by atoms with Crippen molar-refractivity contribution >= 4 is 5.91 Å². The van der Waals surface area contributed by atoms with Gasteiger partial charge in [-0.15, -0.1) is 0 Å². The summed E-state index contributed by atoms with van der Waals surface area (Å²) in [4.78, 5) is 12.6. The summed E-state index contributed by atoms with van der Waals surface area (Å²) >= 11 is 0. The van der Waals surface area contributed by atoms with Crippen LogP contribution in [0.25, 0.3) is 0 Å². The average molecular weight is 264 g/mol. The van der Waals surface area contributed by atoms with Crippen LogP contribution < -0.4 is 11.1 Å². The highest BCUT2D eigenvalue weighted by Crippen LogP contribution is 2.41. The summed E-state index contributed by atoms with van der Waals surface area (Å²) in [7, 11) is 0. The molecule has 104 valence electrons. The topological polar surface area (TPSA) is 55.1 Å². The average Bonchev–Trinajstić information content (AvgIpc) is 2.90. The lowest BCUT2D eigenvalue weighted by atomic mass is 9.78. The first-order chi connectivity index (χ1) is 9.08. The molecule has 0 aliphatic heterocycles. The highest BCUT2D eigenvalue weighted by molar-refractivity contribution is 5.88. The van der Waals surface area contributed by atoms with Crippen molar-refractivity contribution < 1.29 is 9.18 Å². The minimum atomic E-state index is -0.503. The first kappa shape index (κ1) is 14.0. The number of carbonyl (C=O) groups is 1. The molecule has 3 N–H and O–H groups in total. The third kappa shape index (κ3) is 2.78. The van der Waals surface area contributed by atoms with Crippen LogP contribution >= 0.6 is 0 Å². The van der Waals surface area contributed by atoms with Crippen LogP contribution in [0.2, 0.25) is 0 Å². The predicted molar refractivity (Wildman–Crippen MR) is 73.2 cm³/mol. The van der Waals surface area contributed by atoms with E-state index < -0.39 is 5.41 Å². The molecular formula is C15H21FN2O. The molecule has 0 saturated heterocycles. The fraction of sp³-hybridized carbons (Fsp3) is 0.533. The summed E-state index contributed by atoms with van der Waals surface area (Å²) < 4.78 is 13.0. The van der Waals surface area contributed by atoms with Gasteiger partial charge in [-0.2, -0.15) is 0 Å². The SMILES string of the molecule is C[C@@H](CN)NC(=O)C1(c2ccc(F)cc2)CCCC1.